The second kappa shape index (κ2) is 19.1. The average molecular weight is 741 g/mol. The molecule has 0 amide bonds. The van der Waals surface area contributed by atoms with Crippen molar-refractivity contribution in [2.75, 3.05) is 27.4 Å². The van der Waals surface area contributed by atoms with Crippen molar-refractivity contribution in [3.63, 3.8) is 0 Å². The van der Waals surface area contributed by atoms with Crippen molar-refractivity contribution < 1.29 is 18.9 Å². The van der Waals surface area contributed by atoms with E-state index in [0.717, 1.165) is 103 Å². The summed E-state index contributed by atoms with van der Waals surface area (Å²) in [6.45, 7) is 9.30. The zero-order valence-corrected chi connectivity index (χ0v) is 33.1. The van der Waals surface area contributed by atoms with Crippen molar-refractivity contribution in [1.29, 1.82) is 0 Å². The molecule has 282 valence electrons. The summed E-state index contributed by atoms with van der Waals surface area (Å²) in [5, 5.41) is 0. The number of nitrogens with zero attached hydrogens (tertiary/aromatic N) is 2. The molecule has 0 bridgehead atoms. The molecule has 0 unspecified atom stereocenters. The number of aliphatic imine (C=N–C) groups is 2. The minimum Gasteiger partial charge on any atom is -0.496 e. The number of ether oxygens (including phenoxy) is 4. The van der Waals surface area contributed by atoms with Gasteiger partial charge in [0, 0.05) is 22.3 Å². The molecule has 6 aromatic rings. The molecule has 0 aromatic heterocycles. The third-order valence-corrected chi connectivity index (χ3v) is 9.22. The van der Waals surface area contributed by atoms with Gasteiger partial charge in [-0.25, -0.2) is 9.98 Å². The summed E-state index contributed by atoms with van der Waals surface area (Å²) in [6, 6.07) is 44.3. The van der Waals surface area contributed by atoms with Crippen LogP contribution in [0.1, 0.15) is 57.3 Å². The van der Waals surface area contributed by atoms with Crippen LogP contribution in [0.3, 0.4) is 0 Å². The van der Waals surface area contributed by atoms with Gasteiger partial charge in [0.1, 0.15) is 23.0 Å². The molecule has 0 aliphatic heterocycles. The fraction of sp³-hybridized carbons (Fsp3) is 0.200. The number of methoxy groups -OCH3 is 2. The molecule has 0 fully saturated rings. The van der Waals surface area contributed by atoms with Gasteiger partial charge in [0.25, 0.3) is 0 Å². The lowest BCUT2D eigenvalue weighted by atomic mass is 9.95. The minimum absolute atomic E-state index is 0.504. The van der Waals surface area contributed by atoms with Crippen molar-refractivity contribution in [3.8, 4) is 23.0 Å². The van der Waals surface area contributed by atoms with Crippen molar-refractivity contribution >= 4 is 34.3 Å². The van der Waals surface area contributed by atoms with Crippen molar-refractivity contribution in [2.45, 2.75) is 40.5 Å². The maximum absolute atomic E-state index is 6.51. The number of unbranched alkanes of at least 4 members (excludes halogenated alkanes) is 1. The Morgan fingerprint density at radius 2 is 0.750 bits per heavy atom. The molecule has 6 aromatic carbocycles. The number of rotatable bonds is 15. The van der Waals surface area contributed by atoms with Gasteiger partial charge in [0.2, 0.25) is 0 Å². The molecule has 0 N–H and O–H groups in total. The Morgan fingerprint density at radius 3 is 1.09 bits per heavy atom. The highest BCUT2D eigenvalue weighted by molar-refractivity contribution is 6.03. The summed E-state index contributed by atoms with van der Waals surface area (Å²) >= 11 is 0. The molecule has 0 saturated carbocycles. The van der Waals surface area contributed by atoms with Gasteiger partial charge in [0.05, 0.1) is 50.0 Å². The third-order valence-electron chi connectivity index (χ3n) is 9.22. The standard InChI is InChI=1S/C50H48N2O4/c1-35-19-23-47(53-5)41(29-35)45(33-51-39-15-9-7-10-16-39)43-31-37(3)21-25-49(43)55-27-13-14-28-56-50-26-22-38(4)32-44(50)46(34-52-40-17-11-8-12-18-40)42-30-36(2)20-24-48(42)54-6/h7-12,15-26,29-32H,13-14,27-28H2,1-6H3. The quantitative estimate of drug-likeness (QED) is 0.0777. The van der Waals surface area contributed by atoms with Crippen LogP contribution in [0, 0.1) is 27.7 Å². The SMILES string of the molecule is COc1ccc(C)cc1C(=C=Nc1ccccc1)c1cc(C)ccc1OCCCCOc1ccc(C)cc1C(=C=Nc1ccccc1)c1cc(C)ccc1OC. The molecule has 6 heteroatoms. The second-order valence-corrected chi connectivity index (χ2v) is 13.7. The first kappa shape index (κ1) is 39.1. The van der Waals surface area contributed by atoms with E-state index in [9.17, 15) is 0 Å². The van der Waals surface area contributed by atoms with E-state index in [1.165, 1.54) is 0 Å². The van der Waals surface area contributed by atoms with Gasteiger partial charge >= 0.3 is 0 Å². The summed E-state index contributed by atoms with van der Waals surface area (Å²) in [4.78, 5) is 9.47. The van der Waals surface area contributed by atoms with Crippen LogP contribution < -0.4 is 18.9 Å². The molecule has 0 radical (unpaired) electrons. The number of aryl methyl sites for hydroxylation is 4. The van der Waals surface area contributed by atoms with E-state index in [-0.39, 0.29) is 0 Å². The van der Waals surface area contributed by atoms with Gasteiger partial charge in [-0.15, -0.1) is 0 Å². The van der Waals surface area contributed by atoms with E-state index >= 15 is 0 Å². The summed E-state index contributed by atoms with van der Waals surface area (Å²) in [5.41, 5.74) is 11.2. The van der Waals surface area contributed by atoms with Crippen LogP contribution >= 0.6 is 0 Å². The Labute approximate surface area is 331 Å². The number of benzene rings is 6. The van der Waals surface area contributed by atoms with Crippen LogP contribution in [0.5, 0.6) is 23.0 Å². The lowest BCUT2D eigenvalue weighted by molar-refractivity contribution is 0.266. The predicted octanol–water partition coefficient (Wildman–Crippen LogP) is 12.0. The highest BCUT2D eigenvalue weighted by Crippen LogP contribution is 2.37. The molecule has 0 atom stereocenters. The van der Waals surface area contributed by atoms with E-state index in [2.05, 4.69) is 75.8 Å². The van der Waals surface area contributed by atoms with Crippen molar-refractivity contribution in [1.82, 2.24) is 0 Å². The Bertz CT molecular complexity index is 2230. The lowest BCUT2D eigenvalue weighted by Crippen LogP contribution is -2.06. The predicted molar refractivity (Wildman–Crippen MR) is 230 cm³/mol. The molecule has 6 rings (SSSR count). The normalized spacial score (nSPS) is 10.5. The number of hydrogen-bond acceptors (Lipinski definition) is 6. The maximum atomic E-state index is 6.51. The van der Waals surface area contributed by atoms with E-state index in [0.29, 0.717) is 13.2 Å². The Balaban J connectivity index is 1.22. The molecule has 0 aliphatic rings. The maximum Gasteiger partial charge on any atom is 0.127 e. The van der Waals surface area contributed by atoms with Gasteiger partial charge in [-0.2, -0.15) is 0 Å². The summed E-state index contributed by atoms with van der Waals surface area (Å²) < 4.78 is 24.7. The first-order valence-corrected chi connectivity index (χ1v) is 18.9. The van der Waals surface area contributed by atoms with Crippen LogP contribution in [0.15, 0.2) is 143 Å². The third kappa shape index (κ3) is 10.1. The molecular weight excluding hydrogens is 693 g/mol. The van der Waals surface area contributed by atoms with Crippen LogP contribution in [0.2, 0.25) is 0 Å². The summed E-state index contributed by atoms with van der Waals surface area (Å²) in [5.74, 6) is 9.73. The average Bonchev–Trinajstić information content (AvgIpc) is 3.21. The first-order chi connectivity index (χ1) is 27.3. The van der Waals surface area contributed by atoms with Crippen LogP contribution in [0.4, 0.5) is 11.4 Å². The molecule has 0 spiro atoms. The van der Waals surface area contributed by atoms with E-state index in [1.807, 2.05) is 97.1 Å². The Hall–Kier alpha value is -6.58. The fourth-order valence-corrected chi connectivity index (χ4v) is 6.31. The highest BCUT2D eigenvalue weighted by atomic mass is 16.5. The molecule has 56 heavy (non-hydrogen) atoms. The molecular formula is C50H48N2O4. The number of hydrogen-bond donors (Lipinski definition) is 0. The van der Waals surface area contributed by atoms with Crippen molar-refractivity contribution in [2.24, 2.45) is 9.98 Å². The van der Waals surface area contributed by atoms with Gasteiger partial charge in [-0.05, 0) is 125 Å². The van der Waals surface area contributed by atoms with E-state index in [4.69, 9.17) is 28.9 Å². The van der Waals surface area contributed by atoms with Crippen LogP contribution in [-0.4, -0.2) is 39.2 Å². The molecule has 0 saturated heterocycles. The number of para-hydroxylation sites is 2. The zero-order chi connectivity index (χ0) is 39.3. The zero-order valence-electron chi connectivity index (χ0n) is 33.1. The van der Waals surface area contributed by atoms with Gasteiger partial charge in [0.15, 0.2) is 0 Å². The molecule has 0 aliphatic carbocycles. The van der Waals surface area contributed by atoms with E-state index < -0.39 is 0 Å². The second-order valence-electron chi connectivity index (χ2n) is 13.7. The smallest absolute Gasteiger partial charge is 0.127 e. The van der Waals surface area contributed by atoms with Crippen LogP contribution in [-0.2, 0) is 0 Å². The summed E-state index contributed by atoms with van der Waals surface area (Å²) in [7, 11) is 3.37. The summed E-state index contributed by atoms with van der Waals surface area (Å²) in [6.07, 6.45) is 1.56. The van der Waals surface area contributed by atoms with Crippen molar-refractivity contribution in [3.05, 3.63) is 178 Å². The minimum atomic E-state index is 0.504. The first-order valence-electron chi connectivity index (χ1n) is 18.9. The Kier molecular flexibility index (Phi) is 13.4. The van der Waals surface area contributed by atoms with Crippen LogP contribution in [0.25, 0.3) is 11.1 Å². The monoisotopic (exact) mass is 740 g/mol. The topological polar surface area (TPSA) is 61.6 Å². The van der Waals surface area contributed by atoms with Gasteiger partial charge in [-0.3, -0.25) is 0 Å². The lowest BCUT2D eigenvalue weighted by Gasteiger charge is -2.17. The van der Waals surface area contributed by atoms with E-state index in [1.54, 1.807) is 14.2 Å². The molecule has 6 nitrogen and oxygen atoms in total. The fourth-order valence-electron chi connectivity index (χ4n) is 6.31. The largest absolute Gasteiger partial charge is 0.496 e. The molecule has 0 heterocycles. The Morgan fingerprint density at radius 1 is 0.429 bits per heavy atom. The highest BCUT2D eigenvalue weighted by Gasteiger charge is 2.19. The van der Waals surface area contributed by atoms with Gasteiger partial charge in [-0.1, -0.05) is 82.9 Å². The van der Waals surface area contributed by atoms with Gasteiger partial charge < -0.3 is 18.9 Å².